The summed E-state index contributed by atoms with van der Waals surface area (Å²) in [6.07, 6.45) is -0.545. The Morgan fingerprint density at radius 3 is 2.48 bits per heavy atom. The van der Waals surface area contributed by atoms with Gasteiger partial charge in [0.15, 0.2) is 5.78 Å². The molecule has 0 aromatic heterocycles. The number of ether oxygens (including phenoxy) is 1. The number of carbonyl (C=O) groups excluding carboxylic acids is 2. The minimum Gasteiger partial charge on any atom is -0.496 e. The van der Waals surface area contributed by atoms with Crippen molar-refractivity contribution in [3.05, 3.63) is 41.0 Å². The first-order valence-corrected chi connectivity index (χ1v) is 9.17. The number of hydrogen-bond donors (Lipinski definition) is 0. The molecule has 0 unspecified atom stereocenters. The number of likely N-dealkylation sites (tertiary alicyclic amines) is 1. The van der Waals surface area contributed by atoms with Crippen molar-refractivity contribution < 1.29 is 27.5 Å². The minimum absolute atomic E-state index is 0.0194. The number of carbonyl (C=O) groups is 2. The molecule has 1 aromatic carbocycles. The van der Waals surface area contributed by atoms with Crippen molar-refractivity contribution in [1.82, 2.24) is 4.90 Å². The van der Waals surface area contributed by atoms with Gasteiger partial charge in [-0.25, -0.2) is 0 Å². The number of hydrogen-bond acceptors (Lipinski definition) is 4. The van der Waals surface area contributed by atoms with E-state index in [2.05, 4.69) is 4.99 Å². The fourth-order valence-electron chi connectivity index (χ4n) is 4.33. The molecule has 1 fully saturated rings. The van der Waals surface area contributed by atoms with E-state index in [1.165, 1.54) is 6.21 Å². The van der Waals surface area contributed by atoms with Gasteiger partial charge >= 0.3 is 6.18 Å². The summed E-state index contributed by atoms with van der Waals surface area (Å²) in [6, 6.07) is 3.15. The van der Waals surface area contributed by atoms with Crippen molar-refractivity contribution in [1.29, 1.82) is 0 Å². The maximum absolute atomic E-state index is 13.0. The third-order valence-electron chi connectivity index (χ3n) is 5.45. The molecule has 1 aliphatic carbocycles. The standard InChI is InChI=1S/C21H23F3N2O3/c1-19(2)10-20(8-14(9-25-3)17(19)27)11-26(12-20)18(28)13-5-6-15(21(22,23)24)16(7-13)29-4/h5-9H,10-12H2,1-4H3/b25-9+. The van der Waals surface area contributed by atoms with Crippen LogP contribution < -0.4 is 4.74 Å². The number of halogens is 3. The van der Waals surface area contributed by atoms with Crippen molar-refractivity contribution in [2.24, 2.45) is 15.8 Å². The van der Waals surface area contributed by atoms with Gasteiger partial charge in [0.1, 0.15) is 5.75 Å². The predicted octanol–water partition coefficient (Wildman–Crippen LogP) is 3.78. The number of amides is 1. The molecule has 1 amide bonds. The van der Waals surface area contributed by atoms with Gasteiger partial charge in [-0.15, -0.1) is 0 Å². The van der Waals surface area contributed by atoms with Crippen LogP contribution in [0.2, 0.25) is 0 Å². The van der Waals surface area contributed by atoms with Gasteiger partial charge in [0.25, 0.3) is 5.91 Å². The van der Waals surface area contributed by atoms with Crippen LogP contribution in [0.5, 0.6) is 5.75 Å². The summed E-state index contributed by atoms with van der Waals surface area (Å²) in [5, 5.41) is 0. The second-order valence-corrected chi connectivity index (χ2v) is 8.31. The van der Waals surface area contributed by atoms with Gasteiger partial charge in [-0.1, -0.05) is 19.9 Å². The van der Waals surface area contributed by atoms with Crippen LogP contribution >= 0.6 is 0 Å². The van der Waals surface area contributed by atoms with Crippen LogP contribution in [0, 0.1) is 10.8 Å². The quantitative estimate of drug-likeness (QED) is 0.716. The lowest BCUT2D eigenvalue weighted by Gasteiger charge is -2.53. The van der Waals surface area contributed by atoms with Crippen LogP contribution in [0.25, 0.3) is 0 Å². The summed E-state index contributed by atoms with van der Waals surface area (Å²) in [4.78, 5) is 30.9. The molecule has 29 heavy (non-hydrogen) atoms. The van der Waals surface area contributed by atoms with Crippen molar-refractivity contribution in [3.8, 4) is 5.75 Å². The zero-order valence-electron chi connectivity index (χ0n) is 16.8. The zero-order valence-corrected chi connectivity index (χ0v) is 16.8. The molecule has 0 bridgehead atoms. The SMILES string of the molecule is C/N=C/C1=CC2(CN(C(=O)c3ccc(C(F)(F)F)c(OC)c3)C2)CC(C)(C)C1=O. The molecule has 3 rings (SSSR count). The van der Waals surface area contributed by atoms with Crippen LogP contribution in [0.15, 0.2) is 34.8 Å². The zero-order chi connectivity index (χ0) is 21.6. The Kier molecular flexibility index (Phi) is 5.09. The average Bonchev–Trinajstić information content (AvgIpc) is 2.61. The third kappa shape index (κ3) is 3.80. The highest BCUT2D eigenvalue weighted by atomic mass is 19.4. The van der Waals surface area contributed by atoms with Gasteiger partial charge in [0, 0.05) is 48.3 Å². The van der Waals surface area contributed by atoms with Crippen molar-refractivity contribution >= 4 is 17.9 Å². The number of ketones is 1. The van der Waals surface area contributed by atoms with Crippen LogP contribution in [-0.4, -0.2) is 50.1 Å². The van der Waals surface area contributed by atoms with Crippen LogP contribution in [0.4, 0.5) is 13.2 Å². The Morgan fingerprint density at radius 1 is 1.28 bits per heavy atom. The first-order chi connectivity index (χ1) is 13.4. The molecule has 1 saturated heterocycles. The van der Waals surface area contributed by atoms with Gasteiger partial charge in [-0.2, -0.15) is 13.2 Å². The Bertz CT molecular complexity index is 910. The van der Waals surface area contributed by atoms with E-state index < -0.39 is 17.2 Å². The van der Waals surface area contributed by atoms with Gasteiger partial charge < -0.3 is 9.64 Å². The molecule has 0 radical (unpaired) electrons. The molecule has 156 valence electrons. The topological polar surface area (TPSA) is 59.0 Å². The van der Waals surface area contributed by atoms with E-state index in [9.17, 15) is 22.8 Å². The molecule has 1 heterocycles. The first-order valence-electron chi connectivity index (χ1n) is 9.17. The molecule has 0 saturated carbocycles. The van der Waals surface area contributed by atoms with Crippen LogP contribution in [-0.2, 0) is 11.0 Å². The van der Waals surface area contributed by atoms with Crippen LogP contribution in [0.3, 0.4) is 0 Å². The van der Waals surface area contributed by atoms with Crippen molar-refractivity contribution in [3.63, 3.8) is 0 Å². The number of benzene rings is 1. The van der Waals surface area contributed by atoms with E-state index in [1.54, 1.807) is 11.9 Å². The van der Waals surface area contributed by atoms with Gasteiger partial charge in [-0.05, 0) is 24.6 Å². The summed E-state index contributed by atoms with van der Waals surface area (Å²) in [5.74, 6) is -0.730. The largest absolute Gasteiger partial charge is 0.496 e. The maximum atomic E-state index is 13.0. The Morgan fingerprint density at radius 2 is 1.93 bits per heavy atom. The molecule has 1 aromatic rings. The van der Waals surface area contributed by atoms with Crippen molar-refractivity contribution in [2.45, 2.75) is 26.4 Å². The summed E-state index contributed by atoms with van der Waals surface area (Å²) in [6.45, 7) is 4.54. The highest BCUT2D eigenvalue weighted by Crippen LogP contribution is 2.48. The lowest BCUT2D eigenvalue weighted by Crippen LogP contribution is -2.61. The highest BCUT2D eigenvalue weighted by molar-refractivity contribution is 6.16. The number of alkyl halides is 3. The van der Waals surface area contributed by atoms with E-state index in [1.807, 2.05) is 19.9 Å². The molecular weight excluding hydrogens is 385 g/mol. The third-order valence-corrected chi connectivity index (χ3v) is 5.45. The van der Waals surface area contributed by atoms with E-state index in [0.29, 0.717) is 25.1 Å². The Hall–Kier alpha value is -2.64. The molecule has 1 spiro atoms. The first kappa shape index (κ1) is 21.1. The molecule has 0 atom stereocenters. The van der Waals surface area contributed by atoms with E-state index in [-0.39, 0.29) is 28.4 Å². The summed E-state index contributed by atoms with van der Waals surface area (Å²) in [7, 11) is 2.73. The highest BCUT2D eigenvalue weighted by Gasteiger charge is 2.52. The predicted molar refractivity (Wildman–Crippen MR) is 102 cm³/mol. The smallest absolute Gasteiger partial charge is 0.419 e. The summed E-state index contributed by atoms with van der Waals surface area (Å²) < 4.78 is 43.9. The summed E-state index contributed by atoms with van der Waals surface area (Å²) >= 11 is 0. The van der Waals surface area contributed by atoms with Crippen molar-refractivity contribution in [2.75, 3.05) is 27.2 Å². The monoisotopic (exact) mass is 408 g/mol. The summed E-state index contributed by atoms with van der Waals surface area (Å²) in [5.41, 5.74) is -1.16. The Balaban J connectivity index is 1.82. The van der Waals surface area contributed by atoms with E-state index in [0.717, 1.165) is 25.3 Å². The lowest BCUT2D eigenvalue weighted by atomic mass is 9.61. The number of allylic oxidation sites excluding steroid dienone is 1. The average molecular weight is 408 g/mol. The Labute approximate surface area is 167 Å². The normalized spacial score (nSPS) is 20.6. The van der Waals surface area contributed by atoms with E-state index in [4.69, 9.17) is 4.74 Å². The number of Topliss-reactive ketones (excluding diaryl/α,β-unsaturated/α-hetero) is 1. The number of methoxy groups -OCH3 is 1. The van der Waals surface area contributed by atoms with E-state index >= 15 is 0 Å². The minimum atomic E-state index is -4.56. The molecule has 8 heteroatoms. The number of aliphatic imine (C=N–C) groups is 1. The number of nitrogens with zero attached hydrogens (tertiary/aromatic N) is 2. The maximum Gasteiger partial charge on any atom is 0.419 e. The molecular formula is C21H23F3N2O3. The fourth-order valence-corrected chi connectivity index (χ4v) is 4.33. The molecule has 2 aliphatic rings. The second-order valence-electron chi connectivity index (χ2n) is 8.31. The van der Waals surface area contributed by atoms with Gasteiger partial charge in [0.2, 0.25) is 0 Å². The molecule has 5 nitrogen and oxygen atoms in total. The second kappa shape index (κ2) is 7.00. The lowest BCUT2D eigenvalue weighted by molar-refractivity contribution is -0.138. The van der Waals surface area contributed by atoms with Gasteiger partial charge in [-0.3, -0.25) is 14.6 Å². The number of rotatable bonds is 3. The fraction of sp³-hybridized carbons (Fsp3) is 0.476. The van der Waals surface area contributed by atoms with Gasteiger partial charge in [0.05, 0.1) is 12.7 Å². The van der Waals surface area contributed by atoms with Crippen LogP contribution in [0.1, 0.15) is 36.2 Å². The molecule has 1 aliphatic heterocycles. The molecule has 0 N–H and O–H groups in total.